The highest BCUT2D eigenvalue weighted by Crippen LogP contribution is 2.32. The largest absolute Gasteiger partial charge is 0.497 e. The molecular formula is C33H36FN3O2. The molecule has 2 heterocycles. The Kier molecular flexibility index (Phi) is 8.82. The molecule has 6 heteroatoms. The van der Waals surface area contributed by atoms with Gasteiger partial charge in [-0.25, -0.2) is 9.37 Å². The van der Waals surface area contributed by atoms with E-state index in [1.807, 2.05) is 47.3 Å². The van der Waals surface area contributed by atoms with Gasteiger partial charge in [-0.1, -0.05) is 43.9 Å². The Labute approximate surface area is 230 Å². The van der Waals surface area contributed by atoms with E-state index in [1.165, 1.54) is 49.9 Å². The van der Waals surface area contributed by atoms with E-state index in [0.29, 0.717) is 24.1 Å². The number of ether oxygens (including phenoxy) is 1. The molecule has 4 aromatic rings. The summed E-state index contributed by atoms with van der Waals surface area (Å²) in [4.78, 5) is 22.5. The molecule has 1 saturated carbocycles. The molecule has 0 aliphatic heterocycles. The quantitative estimate of drug-likeness (QED) is 0.202. The van der Waals surface area contributed by atoms with E-state index >= 15 is 0 Å². The molecule has 5 nitrogen and oxygen atoms in total. The van der Waals surface area contributed by atoms with Gasteiger partial charge in [-0.15, -0.1) is 0 Å². The van der Waals surface area contributed by atoms with Gasteiger partial charge < -0.3 is 9.30 Å². The summed E-state index contributed by atoms with van der Waals surface area (Å²) in [5.41, 5.74) is 3.62. The van der Waals surface area contributed by atoms with Crippen molar-refractivity contribution in [2.24, 2.45) is 11.8 Å². The predicted octanol–water partition coefficient (Wildman–Crippen LogP) is 7.41. The van der Waals surface area contributed by atoms with Gasteiger partial charge in [-0.3, -0.25) is 9.78 Å². The van der Waals surface area contributed by atoms with E-state index in [2.05, 4.69) is 17.1 Å². The Morgan fingerprint density at radius 3 is 2.62 bits per heavy atom. The lowest BCUT2D eigenvalue weighted by Gasteiger charge is -2.15. The van der Waals surface area contributed by atoms with Crippen LogP contribution >= 0.6 is 0 Å². The standard InChI is InChI=1S/C33H36FN3O2/c1-39-31-10-5-8-26(21-31)32-23-37(29-16-14-27(34)15-17-29)33(36-32)22-30(38)18-13-24-6-4-7-25(12-11-24)20-28-9-2-3-19-35-28/h2-3,5,8-10,14-17,19,21,23-25H,4,6-7,11-13,18,20,22H2,1H3. The number of imidazole rings is 1. The Morgan fingerprint density at radius 2 is 1.82 bits per heavy atom. The number of nitrogens with zero attached hydrogens (tertiary/aromatic N) is 3. The first-order chi connectivity index (χ1) is 19.1. The minimum Gasteiger partial charge on any atom is -0.497 e. The van der Waals surface area contributed by atoms with Gasteiger partial charge in [0.15, 0.2) is 0 Å². The zero-order chi connectivity index (χ0) is 27.0. The number of methoxy groups -OCH3 is 1. The minimum absolute atomic E-state index is 0.190. The number of carbonyl (C=O) groups is 1. The first-order valence-corrected chi connectivity index (χ1v) is 14.0. The van der Waals surface area contributed by atoms with Gasteiger partial charge in [0.25, 0.3) is 0 Å². The number of pyridine rings is 1. The van der Waals surface area contributed by atoms with Crippen molar-refractivity contribution in [1.29, 1.82) is 0 Å². The fourth-order valence-corrected chi connectivity index (χ4v) is 5.68. The molecule has 0 bridgehead atoms. The summed E-state index contributed by atoms with van der Waals surface area (Å²) in [5, 5.41) is 0. The Morgan fingerprint density at radius 1 is 1.00 bits per heavy atom. The normalized spacial score (nSPS) is 17.5. The molecule has 0 spiro atoms. The molecular weight excluding hydrogens is 489 g/mol. The molecule has 0 saturated heterocycles. The number of aromatic nitrogens is 3. The molecule has 2 aromatic heterocycles. The highest BCUT2D eigenvalue weighted by atomic mass is 19.1. The zero-order valence-corrected chi connectivity index (χ0v) is 22.6. The molecule has 0 radical (unpaired) electrons. The van der Waals surface area contributed by atoms with Gasteiger partial charge in [0.1, 0.15) is 23.2 Å². The van der Waals surface area contributed by atoms with Crippen LogP contribution < -0.4 is 4.74 Å². The maximum atomic E-state index is 13.6. The topological polar surface area (TPSA) is 57.0 Å². The molecule has 0 N–H and O–H groups in total. The predicted molar refractivity (Wildman–Crippen MR) is 151 cm³/mol. The van der Waals surface area contributed by atoms with Crippen LogP contribution in [0.3, 0.4) is 0 Å². The lowest BCUT2D eigenvalue weighted by atomic mass is 9.91. The van der Waals surface area contributed by atoms with Crippen LogP contribution in [0.4, 0.5) is 4.39 Å². The van der Waals surface area contributed by atoms with Crippen LogP contribution in [0.25, 0.3) is 16.9 Å². The van der Waals surface area contributed by atoms with Crippen molar-refractivity contribution in [3.63, 3.8) is 0 Å². The number of ketones is 1. The van der Waals surface area contributed by atoms with E-state index in [0.717, 1.165) is 35.5 Å². The molecule has 1 fully saturated rings. The molecule has 2 aromatic carbocycles. The van der Waals surface area contributed by atoms with Gasteiger partial charge in [-0.05, 0) is 79.6 Å². The van der Waals surface area contributed by atoms with Crippen LogP contribution in [-0.4, -0.2) is 27.4 Å². The summed E-state index contributed by atoms with van der Waals surface area (Å²) in [5.74, 6) is 2.57. The second-order valence-electron chi connectivity index (χ2n) is 10.6. The fraction of sp³-hybridized carbons (Fsp3) is 0.364. The van der Waals surface area contributed by atoms with Crippen molar-refractivity contribution in [3.8, 4) is 22.7 Å². The Hall–Kier alpha value is -3.80. The average molecular weight is 526 g/mol. The highest BCUT2D eigenvalue weighted by Gasteiger charge is 2.21. The number of rotatable bonds is 10. The third kappa shape index (κ3) is 7.20. The molecule has 1 aliphatic rings. The van der Waals surface area contributed by atoms with Crippen LogP contribution in [0.2, 0.25) is 0 Å². The zero-order valence-electron chi connectivity index (χ0n) is 22.6. The van der Waals surface area contributed by atoms with Crippen LogP contribution in [0.1, 0.15) is 56.5 Å². The SMILES string of the molecule is COc1cccc(-c2cn(-c3ccc(F)cc3)c(CC(=O)CCC3CCCC(Cc4ccccn4)CC3)n2)c1. The van der Waals surface area contributed by atoms with E-state index in [9.17, 15) is 9.18 Å². The second-order valence-corrected chi connectivity index (χ2v) is 10.6. The van der Waals surface area contributed by atoms with Gasteiger partial charge in [0.2, 0.25) is 0 Å². The van der Waals surface area contributed by atoms with Crippen LogP contribution in [0.15, 0.2) is 79.1 Å². The summed E-state index contributed by atoms with van der Waals surface area (Å²) < 4.78 is 20.9. The summed E-state index contributed by atoms with van der Waals surface area (Å²) in [6, 6.07) is 20.1. The maximum Gasteiger partial charge on any atom is 0.140 e. The van der Waals surface area contributed by atoms with E-state index < -0.39 is 0 Å². The lowest BCUT2D eigenvalue weighted by molar-refractivity contribution is -0.118. The molecule has 39 heavy (non-hydrogen) atoms. The van der Waals surface area contributed by atoms with Crippen LogP contribution in [0.5, 0.6) is 5.75 Å². The van der Waals surface area contributed by atoms with Gasteiger partial charge in [-0.2, -0.15) is 0 Å². The molecule has 202 valence electrons. The summed E-state index contributed by atoms with van der Waals surface area (Å²) in [6.07, 6.45) is 12.6. The Balaban J connectivity index is 1.23. The monoisotopic (exact) mass is 525 g/mol. The van der Waals surface area contributed by atoms with Gasteiger partial charge in [0, 0.05) is 35.8 Å². The highest BCUT2D eigenvalue weighted by molar-refractivity contribution is 5.80. The van der Waals surface area contributed by atoms with E-state index in [1.54, 1.807) is 19.2 Å². The van der Waals surface area contributed by atoms with Crippen molar-refractivity contribution in [2.45, 2.75) is 57.8 Å². The first-order valence-electron chi connectivity index (χ1n) is 14.0. The van der Waals surface area contributed by atoms with E-state index in [-0.39, 0.29) is 18.0 Å². The number of benzene rings is 2. The second kappa shape index (κ2) is 12.8. The van der Waals surface area contributed by atoms with Crippen molar-refractivity contribution >= 4 is 5.78 Å². The Bertz CT molecular complexity index is 1370. The van der Waals surface area contributed by atoms with Crippen molar-refractivity contribution in [3.05, 3.63) is 96.5 Å². The van der Waals surface area contributed by atoms with Gasteiger partial charge in [0.05, 0.1) is 19.2 Å². The molecule has 0 amide bonds. The summed E-state index contributed by atoms with van der Waals surface area (Å²) >= 11 is 0. The maximum absolute atomic E-state index is 13.6. The van der Waals surface area contributed by atoms with Crippen molar-refractivity contribution < 1.29 is 13.9 Å². The first kappa shape index (κ1) is 26.8. The number of Topliss-reactive ketones (excluding diaryl/α,β-unsaturated/α-hetero) is 1. The third-order valence-corrected chi connectivity index (χ3v) is 7.87. The summed E-state index contributed by atoms with van der Waals surface area (Å²) in [6.45, 7) is 0. The van der Waals surface area contributed by atoms with Crippen molar-refractivity contribution in [2.75, 3.05) is 7.11 Å². The minimum atomic E-state index is -0.296. The molecule has 2 atom stereocenters. The average Bonchev–Trinajstić information content (AvgIpc) is 3.25. The van der Waals surface area contributed by atoms with Crippen LogP contribution in [-0.2, 0) is 17.6 Å². The van der Waals surface area contributed by atoms with Gasteiger partial charge >= 0.3 is 0 Å². The fourth-order valence-electron chi connectivity index (χ4n) is 5.68. The smallest absolute Gasteiger partial charge is 0.140 e. The summed E-state index contributed by atoms with van der Waals surface area (Å²) in [7, 11) is 1.63. The van der Waals surface area contributed by atoms with Crippen molar-refractivity contribution in [1.82, 2.24) is 14.5 Å². The van der Waals surface area contributed by atoms with E-state index in [4.69, 9.17) is 9.72 Å². The molecule has 1 aliphatic carbocycles. The molecule has 2 unspecified atom stereocenters. The number of halogens is 1. The third-order valence-electron chi connectivity index (χ3n) is 7.87. The number of hydrogen-bond acceptors (Lipinski definition) is 4. The van der Waals surface area contributed by atoms with Crippen LogP contribution in [0, 0.1) is 17.7 Å². The number of carbonyl (C=O) groups excluding carboxylic acids is 1. The lowest BCUT2D eigenvalue weighted by Crippen LogP contribution is -2.11. The number of hydrogen-bond donors (Lipinski definition) is 0. The molecule has 5 rings (SSSR count).